The first-order chi connectivity index (χ1) is 4.63. The molecular formula is C7H14N2O. The SMILES string of the molecule is C[C@H](N)C(=O)N(C)C1CC1. The molecule has 0 saturated heterocycles. The lowest BCUT2D eigenvalue weighted by Gasteiger charge is -2.17. The second kappa shape index (κ2) is 2.58. The van der Waals surface area contributed by atoms with E-state index < -0.39 is 0 Å². The van der Waals surface area contributed by atoms with E-state index in [9.17, 15) is 4.79 Å². The van der Waals surface area contributed by atoms with Crippen LogP contribution in [0.2, 0.25) is 0 Å². The van der Waals surface area contributed by atoms with Gasteiger partial charge in [-0.2, -0.15) is 0 Å². The maximum absolute atomic E-state index is 11.1. The average molecular weight is 142 g/mol. The zero-order chi connectivity index (χ0) is 7.72. The second-order valence-corrected chi connectivity index (χ2v) is 2.97. The van der Waals surface area contributed by atoms with Gasteiger partial charge in [0.05, 0.1) is 6.04 Å². The lowest BCUT2D eigenvalue weighted by atomic mass is 10.3. The fourth-order valence-corrected chi connectivity index (χ4v) is 0.963. The van der Waals surface area contributed by atoms with Crippen molar-refractivity contribution in [1.82, 2.24) is 4.90 Å². The van der Waals surface area contributed by atoms with Crippen molar-refractivity contribution in [3.63, 3.8) is 0 Å². The van der Waals surface area contributed by atoms with Crippen molar-refractivity contribution in [3.05, 3.63) is 0 Å². The van der Waals surface area contributed by atoms with Gasteiger partial charge in [0.1, 0.15) is 0 Å². The van der Waals surface area contributed by atoms with Gasteiger partial charge in [0, 0.05) is 13.1 Å². The third-order valence-corrected chi connectivity index (χ3v) is 1.83. The highest BCUT2D eigenvalue weighted by molar-refractivity contribution is 5.81. The van der Waals surface area contributed by atoms with Gasteiger partial charge in [0.15, 0.2) is 0 Å². The average Bonchev–Trinajstić information content (AvgIpc) is 2.65. The lowest BCUT2D eigenvalue weighted by molar-refractivity contribution is -0.131. The third-order valence-electron chi connectivity index (χ3n) is 1.83. The van der Waals surface area contributed by atoms with Crippen LogP contribution in [0, 0.1) is 0 Å². The molecule has 0 aromatic heterocycles. The molecule has 1 saturated carbocycles. The van der Waals surface area contributed by atoms with Crippen LogP contribution in [0.4, 0.5) is 0 Å². The Morgan fingerprint density at radius 1 is 1.70 bits per heavy atom. The Morgan fingerprint density at radius 3 is 2.50 bits per heavy atom. The standard InChI is InChI=1S/C7H14N2O/c1-5(8)7(10)9(2)6-3-4-6/h5-6H,3-4,8H2,1-2H3/t5-/m0/s1. The molecule has 1 amide bonds. The van der Waals surface area contributed by atoms with Crippen LogP contribution >= 0.6 is 0 Å². The van der Waals surface area contributed by atoms with Crippen LogP contribution < -0.4 is 5.73 Å². The van der Waals surface area contributed by atoms with E-state index in [4.69, 9.17) is 5.73 Å². The van der Waals surface area contributed by atoms with Gasteiger partial charge in [-0.1, -0.05) is 0 Å². The molecule has 3 heteroatoms. The maximum atomic E-state index is 11.1. The van der Waals surface area contributed by atoms with E-state index in [0.29, 0.717) is 6.04 Å². The first kappa shape index (κ1) is 7.54. The van der Waals surface area contributed by atoms with Crippen molar-refractivity contribution >= 4 is 5.91 Å². The van der Waals surface area contributed by atoms with Gasteiger partial charge in [-0.15, -0.1) is 0 Å². The van der Waals surface area contributed by atoms with Crippen LogP contribution in [0.3, 0.4) is 0 Å². The Kier molecular flexibility index (Phi) is 1.94. The fourth-order valence-electron chi connectivity index (χ4n) is 0.963. The fraction of sp³-hybridized carbons (Fsp3) is 0.857. The zero-order valence-electron chi connectivity index (χ0n) is 6.50. The molecule has 0 heterocycles. The summed E-state index contributed by atoms with van der Waals surface area (Å²) in [5.74, 6) is 0.0579. The van der Waals surface area contributed by atoms with Crippen molar-refractivity contribution in [2.75, 3.05) is 7.05 Å². The van der Waals surface area contributed by atoms with Crippen LogP contribution in [0.5, 0.6) is 0 Å². The zero-order valence-corrected chi connectivity index (χ0v) is 6.50. The molecule has 0 spiro atoms. The topological polar surface area (TPSA) is 46.3 Å². The number of nitrogens with two attached hydrogens (primary N) is 1. The molecule has 1 aliphatic rings. The molecule has 0 aliphatic heterocycles. The Morgan fingerprint density at radius 2 is 2.20 bits per heavy atom. The summed E-state index contributed by atoms with van der Waals surface area (Å²) in [5.41, 5.74) is 5.41. The number of carbonyl (C=O) groups is 1. The van der Waals surface area contributed by atoms with Crippen molar-refractivity contribution in [2.45, 2.75) is 31.8 Å². The number of hydrogen-bond donors (Lipinski definition) is 1. The van der Waals surface area contributed by atoms with E-state index in [2.05, 4.69) is 0 Å². The van der Waals surface area contributed by atoms with Crippen LogP contribution in [0.1, 0.15) is 19.8 Å². The first-order valence-electron chi connectivity index (χ1n) is 3.65. The number of hydrogen-bond acceptors (Lipinski definition) is 2. The monoisotopic (exact) mass is 142 g/mol. The molecule has 0 radical (unpaired) electrons. The minimum atomic E-state index is -0.342. The van der Waals surface area contributed by atoms with E-state index in [1.165, 1.54) is 0 Å². The summed E-state index contributed by atoms with van der Waals surface area (Å²) in [7, 11) is 1.82. The van der Waals surface area contributed by atoms with Crippen molar-refractivity contribution in [2.24, 2.45) is 5.73 Å². The van der Waals surface area contributed by atoms with Gasteiger partial charge in [0.25, 0.3) is 0 Å². The van der Waals surface area contributed by atoms with Crippen molar-refractivity contribution < 1.29 is 4.79 Å². The van der Waals surface area contributed by atoms with E-state index >= 15 is 0 Å². The number of nitrogens with zero attached hydrogens (tertiary/aromatic N) is 1. The summed E-state index contributed by atoms with van der Waals surface area (Å²) >= 11 is 0. The molecular weight excluding hydrogens is 128 g/mol. The van der Waals surface area contributed by atoms with Gasteiger partial charge in [0.2, 0.25) is 5.91 Å². The van der Waals surface area contributed by atoms with Gasteiger partial charge in [-0.25, -0.2) is 0 Å². The largest absolute Gasteiger partial charge is 0.341 e. The molecule has 58 valence electrons. The second-order valence-electron chi connectivity index (χ2n) is 2.97. The third kappa shape index (κ3) is 1.48. The molecule has 3 nitrogen and oxygen atoms in total. The normalized spacial score (nSPS) is 20.3. The molecule has 1 rings (SSSR count). The maximum Gasteiger partial charge on any atom is 0.239 e. The molecule has 0 unspecified atom stereocenters. The Bertz CT molecular complexity index is 141. The summed E-state index contributed by atoms with van der Waals surface area (Å²) in [5, 5.41) is 0. The molecule has 0 aromatic carbocycles. The highest BCUT2D eigenvalue weighted by Gasteiger charge is 2.30. The Labute approximate surface area is 61.2 Å². The number of amides is 1. The minimum absolute atomic E-state index is 0.0579. The van der Waals surface area contributed by atoms with Gasteiger partial charge >= 0.3 is 0 Å². The lowest BCUT2D eigenvalue weighted by Crippen LogP contribution is -2.40. The van der Waals surface area contributed by atoms with Crippen LogP contribution in [0.25, 0.3) is 0 Å². The van der Waals surface area contributed by atoms with E-state index in [1.807, 2.05) is 7.05 Å². The molecule has 0 bridgehead atoms. The van der Waals surface area contributed by atoms with E-state index in [0.717, 1.165) is 12.8 Å². The van der Waals surface area contributed by atoms with Crippen molar-refractivity contribution in [3.8, 4) is 0 Å². The van der Waals surface area contributed by atoms with Gasteiger partial charge in [-0.05, 0) is 19.8 Å². The summed E-state index contributed by atoms with van der Waals surface area (Å²) in [4.78, 5) is 12.9. The molecule has 1 aliphatic carbocycles. The summed E-state index contributed by atoms with van der Waals surface area (Å²) < 4.78 is 0. The predicted octanol–water partition coefficient (Wildman–Crippen LogP) is -0.0456. The number of likely N-dealkylation sites (N-methyl/N-ethyl adjacent to an activating group) is 1. The summed E-state index contributed by atoms with van der Waals surface area (Å²) in [6.07, 6.45) is 2.30. The molecule has 1 fully saturated rings. The first-order valence-corrected chi connectivity index (χ1v) is 3.65. The van der Waals surface area contributed by atoms with E-state index in [1.54, 1.807) is 11.8 Å². The molecule has 10 heavy (non-hydrogen) atoms. The molecule has 0 aromatic rings. The van der Waals surface area contributed by atoms with E-state index in [-0.39, 0.29) is 11.9 Å². The molecule has 1 atom stereocenters. The minimum Gasteiger partial charge on any atom is -0.341 e. The van der Waals surface area contributed by atoms with Gasteiger partial charge in [-0.3, -0.25) is 4.79 Å². The molecule has 2 N–H and O–H groups in total. The van der Waals surface area contributed by atoms with Crippen LogP contribution in [0.15, 0.2) is 0 Å². The highest BCUT2D eigenvalue weighted by Crippen LogP contribution is 2.25. The van der Waals surface area contributed by atoms with Crippen LogP contribution in [-0.4, -0.2) is 29.9 Å². The van der Waals surface area contributed by atoms with Gasteiger partial charge < -0.3 is 10.6 Å². The Balaban J connectivity index is 2.38. The highest BCUT2D eigenvalue weighted by atomic mass is 16.2. The van der Waals surface area contributed by atoms with Crippen molar-refractivity contribution in [1.29, 1.82) is 0 Å². The number of carbonyl (C=O) groups excluding carboxylic acids is 1. The summed E-state index contributed by atoms with van der Waals surface area (Å²) in [6.45, 7) is 1.72. The predicted molar refractivity (Wildman–Crippen MR) is 39.4 cm³/mol. The number of rotatable bonds is 2. The quantitative estimate of drug-likeness (QED) is 0.587. The summed E-state index contributed by atoms with van der Waals surface area (Å²) in [6, 6.07) is 0.143. The smallest absolute Gasteiger partial charge is 0.239 e. The van der Waals surface area contributed by atoms with Crippen LogP contribution in [-0.2, 0) is 4.79 Å². The Hall–Kier alpha value is -0.570.